The number of hydrogen-bond donors (Lipinski definition) is 1. The van der Waals surface area contributed by atoms with Gasteiger partial charge in [0.1, 0.15) is 6.04 Å². The van der Waals surface area contributed by atoms with E-state index in [1.54, 1.807) is 0 Å². The fraction of sp³-hybridized carbons (Fsp3) is 1.00. The smallest absolute Gasteiger partial charge is 0.381 e. The molecule has 21 heavy (non-hydrogen) atoms. The van der Waals surface area contributed by atoms with Gasteiger partial charge in [-0.1, -0.05) is 0 Å². The second-order valence-corrected chi connectivity index (χ2v) is 6.69. The molecule has 0 amide bonds. The number of halogens is 3. The fourth-order valence-electron chi connectivity index (χ4n) is 4.10. The third kappa shape index (κ3) is 3.54. The number of hydrogen-bond acceptors (Lipinski definition) is 3. The van der Waals surface area contributed by atoms with Gasteiger partial charge in [-0.25, -0.2) is 0 Å². The van der Waals surface area contributed by atoms with E-state index in [0.29, 0.717) is 32.2 Å². The quantitative estimate of drug-likeness (QED) is 0.808. The average Bonchev–Trinajstić information content (AvgIpc) is 2.47. The third-order valence-corrected chi connectivity index (χ3v) is 5.32. The zero-order chi connectivity index (χ0) is 14.9. The number of piperidine rings is 1. The van der Waals surface area contributed by atoms with Crippen LogP contribution < -0.4 is 5.32 Å². The summed E-state index contributed by atoms with van der Waals surface area (Å²) in [7, 11) is 0. The van der Waals surface area contributed by atoms with Crippen LogP contribution in [0.15, 0.2) is 0 Å². The first-order valence-corrected chi connectivity index (χ1v) is 8.03. The van der Waals surface area contributed by atoms with Crippen molar-refractivity contribution in [2.24, 2.45) is 5.92 Å². The van der Waals surface area contributed by atoms with Gasteiger partial charge in [0.05, 0.1) is 5.60 Å². The molecule has 1 N–H and O–H groups in total. The highest BCUT2D eigenvalue weighted by Gasteiger charge is 2.46. The summed E-state index contributed by atoms with van der Waals surface area (Å²) in [6.45, 7) is 2.07. The van der Waals surface area contributed by atoms with E-state index in [2.05, 4.69) is 5.32 Å². The highest BCUT2D eigenvalue weighted by molar-refractivity contribution is 4.95. The Bertz CT molecular complexity index is 350. The minimum Gasteiger partial charge on any atom is -0.381 e. The monoisotopic (exact) mass is 307 g/mol. The first kappa shape index (κ1) is 15.6. The molecular formula is C15H24F3NO2. The molecule has 3 fully saturated rings. The molecule has 3 unspecified atom stereocenters. The summed E-state index contributed by atoms with van der Waals surface area (Å²) < 4.78 is 50.2. The third-order valence-electron chi connectivity index (χ3n) is 5.32. The maximum Gasteiger partial charge on any atom is 0.403 e. The Morgan fingerprint density at radius 1 is 1.00 bits per heavy atom. The zero-order valence-electron chi connectivity index (χ0n) is 12.3. The summed E-state index contributed by atoms with van der Waals surface area (Å²) in [5.74, 6) is 0.294. The van der Waals surface area contributed by atoms with E-state index in [-0.39, 0.29) is 18.1 Å². The molecule has 3 atom stereocenters. The lowest BCUT2D eigenvalue weighted by Gasteiger charge is -2.47. The van der Waals surface area contributed by atoms with Crippen molar-refractivity contribution >= 4 is 0 Å². The van der Waals surface area contributed by atoms with Gasteiger partial charge in [-0.3, -0.25) is 0 Å². The van der Waals surface area contributed by atoms with E-state index in [9.17, 15) is 13.2 Å². The van der Waals surface area contributed by atoms with Crippen LogP contribution >= 0.6 is 0 Å². The maximum atomic E-state index is 12.9. The molecule has 0 aromatic rings. The van der Waals surface area contributed by atoms with Crippen molar-refractivity contribution in [1.29, 1.82) is 0 Å². The van der Waals surface area contributed by atoms with Crippen molar-refractivity contribution < 1.29 is 22.6 Å². The number of nitrogens with one attached hydrogen (secondary N) is 1. The first-order valence-electron chi connectivity index (χ1n) is 8.03. The van der Waals surface area contributed by atoms with Gasteiger partial charge >= 0.3 is 6.18 Å². The van der Waals surface area contributed by atoms with Crippen LogP contribution in [0.2, 0.25) is 0 Å². The number of rotatable bonds is 1. The number of ether oxygens (including phenoxy) is 2. The van der Waals surface area contributed by atoms with Crippen molar-refractivity contribution in [3.8, 4) is 0 Å². The highest BCUT2D eigenvalue weighted by atomic mass is 19.4. The molecule has 0 aliphatic carbocycles. The molecule has 6 heteroatoms. The Morgan fingerprint density at radius 2 is 1.76 bits per heavy atom. The van der Waals surface area contributed by atoms with Gasteiger partial charge in [0.2, 0.25) is 0 Å². The minimum atomic E-state index is -4.12. The van der Waals surface area contributed by atoms with Crippen LogP contribution in [0.4, 0.5) is 13.2 Å². The fourth-order valence-corrected chi connectivity index (χ4v) is 4.10. The maximum absolute atomic E-state index is 12.9. The Morgan fingerprint density at radius 3 is 2.48 bits per heavy atom. The Balaban J connectivity index is 1.63. The molecule has 3 heterocycles. The van der Waals surface area contributed by atoms with Crippen molar-refractivity contribution in [3.63, 3.8) is 0 Å². The van der Waals surface area contributed by atoms with E-state index in [1.165, 1.54) is 0 Å². The van der Waals surface area contributed by atoms with Crippen molar-refractivity contribution in [2.75, 3.05) is 19.8 Å². The summed E-state index contributed by atoms with van der Waals surface area (Å²) >= 11 is 0. The van der Waals surface area contributed by atoms with Crippen molar-refractivity contribution in [1.82, 2.24) is 5.32 Å². The van der Waals surface area contributed by atoms with Crippen LogP contribution in [0.5, 0.6) is 0 Å². The average molecular weight is 307 g/mol. The summed E-state index contributed by atoms with van der Waals surface area (Å²) in [5.41, 5.74) is -0.145. The van der Waals surface area contributed by atoms with Gasteiger partial charge in [0.25, 0.3) is 0 Å². The predicted octanol–water partition coefficient (Wildman–Crippen LogP) is 3.04. The van der Waals surface area contributed by atoms with E-state index in [4.69, 9.17) is 9.47 Å². The second-order valence-electron chi connectivity index (χ2n) is 6.69. The van der Waals surface area contributed by atoms with Crippen molar-refractivity contribution in [3.05, 3.63) is 0 Å². The van der Waals surface area contributed by atoms with Crippen LogP contribution in [0.25, 0.3) is 0 Å². The van der Waals surface area contributed by atoms with Crippen LogP contribution in [-0.4, -0.2) is 43.7 Å². The highest BCUT2D eigenvalue weighted by Crippen LogP contribution is 2.40. The largest absolute Gasteiger partial charge is 0.403 e. The van der Waals surface area contributed by atoms with E-state index in [1.807, 2.05) is 0 Å². The zero-order valence-corrected chi connectivity index (χ0v) is 12.3. The summed E-state index contributed by atoms with van der Waals surface area (Å²) in [6.07, 6.45) is 1.09. The lowest BCUT2D eigenvalue weighted by atomic mass is 9.75. The van der Waals surface area contributed by atoms with E-state index in [0.717, 1.165) is 32.1 Å². The van der Waals surface area contributed by atoms with E-state index >= 15 is 0 Å². The van der Waals surface area contributed by atoms with Gasteiger partial charge in [-0.2, -0.15) is 13.2 Å². The summed E-state index contributed by atoms with van der Waals surface area (Å²) in [5, 5.41) is 2.87. The SMILES string of the molecule is FC(F)(F)C1CCCC(C2CCOC3(CCOCC3)C2)N1. The number of alkyl halides is 3. The van der Waals surface area contributed by atoms with Crippen LogP contribution in [0.1, 0.15) is 44.9 Å². The summed E-state index contributed by atoms with van der Waals surface area (Å²) in [4.78, 5) is 0. The van der Waals surface area contributed by atoms with Crippen LogP contribution in [0, 0.1) is 5.92 Å². The van der Waals surface area contributed by atoms with Gasteiger partial charge in [0.15, 0.2) is 0 Å². The molecule has 0 aromatic heterocycles. The van der Waals surface area contributed by atoms with Crippen LogP contribution in [0.3, 0.4) is 0 Å². The lowest BCUT2D eigenvalue weighted by Crippen LogP contribution is -2.55. The van der Waals surface area contributed by atoms with Crippen molar-refractivity contribution in [2.45, 2.75) is 68.8 Å². The lowest BCUT2D eigenvalue weighted by molar-refractivity contribution is -0.172. The molecule has 3 saturated heterocycles. The van der Waals surface area contributed by atoms with E-state index < -0.39 is 12.2 Å². The molecule has 3 aliphatic heterocycles. The normalized spacial score (nSPS) is 37.6. The molecule has 3 rings (SSSR count). The first-order chi connectivity index (χ1) is 9.99. The second kappa shape index (κ2) is 6.05. The molecule has 0 aromatic carbocycles. The molecule has 0 bridgehead atoms. The van der Waals surface area contributed by atoms with Gasteiger partial charge in [-0.15, -0.1) is 0 Å². The predicted molar refractivity (Wildman–Crippen MR) is 72.1 cm³/mol. The summed E-state index contributed by atoms with van der Waals surface area (Å²) in [6, 6.07) is -1.35. The van der Waals surface area contributed by atoms with Gasteiger partial charge in [-0.05, 0) is 50.9 Å². The topological polar surface area (TPSA) is 30.5 Å². The Kier molecular flexibility index (Phi) is 4.48. The molecule has 0 saturated carbocycles. The molecule has 3 aliphatic rings. The standard InChI is InChI=1S/C15H24F3NO2/c16-15(17,18)13-3-1-2-12(19-13)11-4-7-21-14(10-11)5-8-20-9-6-14/h11-13,19H,1-10H2. The van der Waals surface area contributed by atoms with Crippen LogP contribution in [-0.2, 0) is 9.47 Å². The molecule has 1 spiro atoms. The Labute approximate surface area is 123 Å². The minimum absolute atomic E-state index is 0.0194. The molecule has 122 valence electrons. The van der Waals surface area contributed by atoms with Gasteiger partial charge < -0.3 is 14.8 Å². The Hall–Kier alpha value is -0.330. The molecular weight excluding hydrogens is 283 g/mol. The molecule has 0 radical (unpaired) electrons. The molecule has 3 nitrogen and oxygen atoms in total. The van der Waals surface area contributed by atoms with Gasteiger partial charge in [0, 0.05) is 25.9 Å².